The molecule has 0 heterocycles. The van der Waals surface area contributed by atoms with Crippen LogP contribution in [0.3, 0.4) is 0 Å². The summed E-state index contributed by atoms with van der Waals surface area (Å²) in [5.74, 6) is 0.156. The molecule has 6 heteroatoms. The van der Waals surface area contributed by atoms with Gasteiger partial charge in [0.25, 0.3) is 5.91 Å². The van der Waals surface area contributed by atoms with E-state index in [2.05, 4.69) is 16.0 Å². The van der Waals surface area contributed by atoms with E-state index in [4.69, 9.17) is 0 Å². The van der Waals surface area contributed by atoms with Gasteiger partial charge < -0.3 is 21.1 Å². The van der Waals surface area contributed by atoms with Gasteiger partial charge in [-0.3, -0.25) is 4.79 Å². The second-order valence-corrected chi connectivity index (χ2v) is 6.46. The van der Waals surface area contributed by atoms with Gasteiger partial charge in [0.05, 0.1) is 0 Å². The standard InChI is InChI=1S/C21H27N3O3/c1-16-6-5-7-18(14-16)20(26)22-12-3-2-4-13-23-21(27)24-15-17-8-10-19(25)11-9-17/h5-11,14,25H,2-4,12-13,15H2,1H3,(H,22,26)(H2,23,24,27). The molecule has 2 rings (SSSR count). The number of carbonyl (C=O) groups is 2. The van der Waals surface area contributed by atoms with Crippen molar-refractivity contribution in [3.8, 4) is 5.75 Å². The molecular formula is C21H27N3O3. The predicted molar refractivity (Wildman–Crippen MR) is 106 cm³/mol. The Bertz CT molecular complexity index is 745. The molecule has 144 valence electrons. The van der Waals surface area contributed by atoms with Crippen LogP contribution in [0.2, 0.25) is 0 Å². The normalized spacial score (nSPS) is 10.3. The number of carbonyl (C=O) groups excluding carboxylic acids is 2. The molecule has 0 aliphatic heterocycles. The van der Waals surface area contributed by atoms with Crippen molar-refractivity contribution in [3.63, 3.8) is 0 Å². The smallest absolute Gasteiger partial charge is 0.315 e. The highest BCUT2D eigenvalue weighted by Gasteiger charge is 2.04. The molecule has 27 heavy (non-hydrogen) atoms. The molecule has 2 aromatic rings. The van der Waals surface area contributed by atoms with Crippen LogP contribution in [0.15, 0.2) is 48.5 Å². The zero-order valence-corrected chi connectivity index (χ0v) is 15.6. The molecule has 0 aliphatic rings. The van der Waals surface area contributed by atoms with E-state index in [0.29, 0.717) is 25.2 Å². The molecule has 0 fully saturated rings. The van der Waals surface area contributed by atoms with E-state index in [1.807, 2.05) is 31.2 Å². The highest BCUT2D eigenvalue weighted by Crippen LogP contribution is 2.09. The third-order valence-electron chi connectivity index (χ3n) is 4.09. The van der Waals surface area contributed by atoms with Crippen LogP contribution in [-0.2, 0) is 6.54 Å². The molecule has 0 unspecified atom stereocenters. The van der Waals surface area contributed by atoms with Gasteiger partial charge in [-0.1, -0.05) is 29.8 Å². The molecule has 0 aromatic heterocycles. The third-order valence-corrected chi connectivity index (χ3v) is 4.09. The first-order valence-electron chi connectivity index (χ1n) is 9.19. The van der Waals surface area contributed by atoms with E-state index in [1.165, 1.54) is 0 Å². The molecule has 3 amide bonds. The van der Waals surface area contributed by atoms with Gasteiger partial charge in [-0.25, -0.2) is 4.79 Å². The summed E-state index contributed by atoms with van der Waals surface area (Å²) < 4.78 is 0. The van der Waals surface area contributed by atoms with Gasteiger partial charge in [0.15, 0.2) is 0 Å². The van der Waals surface area contributed by atoms with Crippen molar-refractivity contribution in [1.29, 1.82) is 0 Å². The largest absolute Gasteiger partial charge is 0.508 e. The predicted octanol–water partition coefficient (Wildman–Crippen LogP) is 3.10. The Kier molecular flexibility index (Phi) is 8.16. The fraction of sp³-hybridized carbons (Fsp3) is 0.333. The van der Waals surface area contributed by atoms with Gasteiger partial charge in [-0.2, -0.15) is 0 Å². The molecule has 0 saturated carbocycles. The Morgan fingerprint density at radius 2 is 1.59 bits per heavy atom. The molecule has 0 aliphatic carbocycles. The third kappa shape index (κ3) is 7.81. The first-order chi connectivity index (χ1) is 13.0. The Labute approximate surface area is 160 Å². The molecule has 0 spiro atoms. The van der Waals surface area contributed by atoms with Crippen molar-refractivity contribution in [2.75, 3.05) is 13.1 Å². The summed E-state index contributed by atoms with van der Waals surface area (Å²) in [6.45, 7) is 3.59. The topological polar surface area (TPSA) is 90.5 Å². The SMILES string of the molecule is Cc1cccc(C(=O)NCCCCCNC(=O)NCc2ccc(O)cc2)c1. The van der Waals surface area contributed by atoms with Crippen molar-refractivity contribution in [2.45, 2.75) is 32.7 Å². The van der Waals surface area contributed by atoms with Crippen LogP contribution in [0.5, 0.6) is 5.75 Å². The zero-order chi connectivity index (χ0) is 19.5. The Morgan fingerprint density at radius 1 is 0.889 bits per heavy atom. The number of unbranched alkanes of at least 4 members (excludes halogenated alkanes) is 2. The maximum atomic E-state index is 12.0. The van der Waals surface area contributed by atoms with Crippen molar-refractivity contribution < 1.29 is 14.7 Å². The van der Waals surface area contributed by atoms with Crippen molar-refractivity contribution in [1.82, 2.24) is 16.0 Å². The molecule has 0 bridgehead atoms. The van der Waals surface area contributed by atoms with Gasteiger partial charge in [-0.05, 0) is 56.0 Å². The van der Waals surface area contributed by atoms with Gasteiger partial charge in [0.2, 0.25) is 0 Å². The number of benzene rings is 2. The maximum Gasteiger partial charge on any atom is 0.315 e. The minimum Gasteiger partial charge on any atom is -0.508 e. The van der Waals surface area contributed by atoms with Crippen LogP contribution in [0.1, 0.15) is 40.7 Å². The average Bonchev–Trinajstić information content (AvgIpc) is 2.66. The monoisotopic (exact) mass is 369 g/mol. The molecular weight excluding hydrogens is 342 g/mol. The van der Waals surface area contributed by atoms with E-state index in [0.717, 1.165) is 30.4 Å². The lowest BCUT2D eigenvalue weighted by molar-refractivity contribution is 0.0953. The van der Waals surface area contributed by atoms with Crippen LogP contribution in [-0.4, -0.2) is 30.1 Å². The number of hydrogen-bond donors (Lipinski definition) is 4. The number of aryl methyl sites for hydroxylation is 1. The lowest BCUT2D eigenvalue weighted by Crippen LogP contribution is -2.35. The Hall–Kier alpha value is -3.02. The highest BCUT2D eigenvalue weighted by atomic mass is 16.3. The van der Waals surface area contributed by atoms with Crippen molar-refractivity contribution >= 4 is 11.9 Å². The maximum absolute atomic E-state index is 12.0. The minimum absolute atomic E-state index is 0.0505. The van der Waals surface area contributed by atoms with Gasteiger partial charge in [0, 0.05) is 25.2 Å². The summed E-state index contributed by atoms with van der Waals surface area (Å²) in [7, 11) is 0. The Morgan fingerprint density at radius 3 is 2.30 bits per heavy atom. The molecule has 0 saturated heterocycles. The van der Waals surface area contributed by atoms with Crippen LogP contribution < -0.4 is 16.0 Å². The minimum atomic E-state index is -0.212. The fourth-order valence-electron chi connectivity index (χ4n) is 2.58. The summed E-state index contributed by atoms with van der Waals surface area (Å²) in [4.78, 5) is 23.7. The second-order valence-electron chi connectivity index (χ2n) is 6.46. The van der Waals surface area contributed by atoms with E-state index < -0.39 is 0 Å². The number of aromatic hydroxyl groups is 1. The van der Waals surface area contributed by atoms with Gasteiger partial charge in [0.1, 0.15) is 5.75 Å². The Balaban J connectivity index is 1.50. The molecule has 4 N–H and O–H groups in total. The first-order valence-corrected chi connectivity index (χ1v) is 9.19. The first kappa shape index (κ1) is 20.3. The number of nitrogens with one attached hydrogen (secondary N) is 3. The van der Waals surface area contributed by atoms with E-state index in [-0.39, 0.29) is 17.7 Å². The van der Waals surface area contributed by atoms with Crippen LogP contribution >= 0.6 is 0 Å². The number of phenols is 1. The van der Waals surface area contributed by atoms with Crippen LogP contribution in [0.25, 0.3) is 0 Å². The summed E-state index contributed by atoms with van der Waals surface area (Å²) >= 11 is 0. The average molecular weight is 369 g/mol. The lowest BCUT2D eigenvalue weighted by Gasteiger charge is -2.08. The summed E-state index contributed by atoms with van der Waals surface area (Å²) in [5, 5.41) is 17.7. The molecule has 0 radical (unpaired) electrons. The number of amides is 3. The van der Waals surface area contributed by atoms with Gasteiger partial charge in [-0.15, -0.1) is 0 Å². The summed E-state index contributed by atoms with van der Waals surface area (Å²) in [6, 6.07) is 14.0. The van der Waals surface area contributed by atoms with Gasteiger partial charge >= 0.3 is 6.03 Å². The number of phenolic OH excluding ortho intramolecular Hbond substituents is 1. The van der Waals surface area contributed by atoms with E-state index in [1.54, 1.807) is 24.3 Å². The van der Waals surface area contributed by atoms with E-state index >= 15 is 0 Å². The van der Waals surface area contributed by atoms with Crippen LogP contribution in [0.4, 0.5) is 4.79 Å². The molecule has 0 atom stereocenters. The van der Waals surface area contributed by atoms with E-state index in [9.17, 15) is 14.7 Å². The second kappa shape index (κ2) is 10.9. The lowest BCUT2D eigenvalue weighted by atomic mass is 10.1. The summed E-state index contributed by atoms with van der Waals surface area (Å²) in [5.41, 5.74) is 2.67. The van der Waals surface area contributed by atoms with Crippen LogP contribution in [0, 0.1) is 6.92 Å². The number of rotatable bonds is 9. The molecule has 2 aromatic carbocycles. The molecule has 6 nitrogen and oxygen atoms in total. The number of hydrogen-bond acceptors (Lipinski definition) is 3. The zero-order valence-electron chi connectivity index (χ0n) is 15.6. The number of urea groups is 1. The van der Waals surface area contributed by atoms with Crippen molar-refractivity contribution in [3.05, 3.63) is 65.2 Å². The quantitative estimate of drug-likeness (QED) is 0.512. The summed E-state index contributed by atoms with van der Waals surface area (Å²) in [6.07, 6.45) is 2.65. The fourth-order valence-corrected chi connectivity index (χ4v) is 2.58. The highest BCUT2D eigenvalue weighted by molar-refractivity contribution is 5.94. The van der Waals surface area contributed by atoms with Crippen molar-refractivity contribution in [2.24, 2.45) is 0 Å².